The van der Waals surface area contributed by atoms with Crippen LogP contribution in [0.1, 0.15) is 16.8 Å². The van der Waals surface area contributed by atoms with Gasteiger partial charge in [-0.1, -0.05) is 0 Å². The molecule has 96 valence electrons. The standard InChI is InChI=1S/C12H17N5O/c1-7-8(2)16-17-12(9(7)4-13)15-10-5-14-6-11(10)18-3/h10-11,14H,5-6H2,1-3H3,(H,15,17)/t10?,11-/m0/s1. The van der Waals surface area contributed by atoms with E-state index in [2.05, 4.69) is 26.9 Å². The average Bonchev–Trinajstić information content (AvgIpc) is 2.81. The van der Waals surface area contributed by atoms with Crippen LogP contribution in [-0.2, 0) is 4.74 Å². The molecule has 1 fully saturated rings. The molecule has 6 nitrogen and oxygen atoms in total. The highest BCUT2D eigenvalue weighted by Gasteiger charge is 2.28. The summed E-state index contributed by atoms with van der Waals surface area (Å²) in [5, 5.41) is 23.8. The van der Waals surface area contributed by atoms with Gasteiger partial charge in [-0.15, -0.1) is 5.10 Å². The summed E-state index contributed by atoms with van der Waals surface area (Å²) in [5.41, 5.74) is 2.21. The number of methoxy groups -OCH3 is 1. The van der Waals surface area contributed by atoms with E-state index in [1.54, 1.807) is 7.11 Å². The lowest BCUT2D eigenvalue weighted by atomic mass is 10.1. The van der Waals surface area contributed by atoms with Crippen LogP contribution >= 0.6 is 0 Å². The molecule has 0 bridgehead atoms. The van der Waals surface area contributed by atoms with Crippen molar-refractivity contribution in [2.24, 2.45) is 0 Å². The number of hydrogen-bond acceptors (Lipinski definition) is 6. The van der Waals surface area contributed by atoms with E-state index in [1.807, 2.05) is 13.8 Å². The Bertz CT molecular complexity index is 482. The minimum Gasteiger partial charge on any atom is -0.378 e. The number of nitriles is 1. The van der Waals surface area contributed by atoms with Gasteiger partial charge in [0.05, 0.1) is 17.8 Å². The van der Waals surface area contributed by atoms with E-state index < -0.39 is 0 Å². The number of anilines is 1. The maximum atomic E-state index is 9.22. The zero-order valence-corrected chi connectivity index (χ0v) is 10.8. The van der Waals surface area contributed by atoms with E-state index in [4.69, 9.17) is 4.74 Å². The SMILES string of the molecule is CO[C@H]1CNCC1Nc1nnc(C)c(C)c1C#N. The molecule has 0 amide bonds. The minimum absolute atomic E-state index is 0.0833. The van der Waals surface area contributed by atoms with Crippen LogP contribution in [0.3, 0.4) is 0 Å². The third kappa shape index (κ3) is 2.28. The molecular weight excluding hydrogens is 230 g/mol. The summed E-state index contributed by atoms with van der Waals surface area (Å²) in [6.07, 6.45) is 0.0833. The third-order valence-electron chi connectivity index (χ3n) is 3.35. The molecule has 2 rings (SSSR count). The lowest BCUT2D eigenvalue weighted by molar-refractivity contribution is 0.111. The van der Waals surface area contributed by atoms with E-state index in [0.29, 0.717) is 11.4 Å². The van der Waals surface area contributed by atoms with Gasteiger partial charge in [-0.25, -0.2) is 0 Å². The molecule has 0 aliphatic carbocycles. The Morgan fingerprint density at radius 2 is 2.17 bits per heavy atom. The van der Waals surface area contributed by atoms with Gasteiger partial charge in [-0.3, -0.25) is 0 Å². The van der Waals surface area contributed by atoms with Crippen molar-refractivity contribution in [2.75, 3.05) is 25.5 Å². The van der Waals surface area contributed by atoms with E-state index in [1.165, 1.54) is 0 Å². The number of rotatable bonds is 3. The molecular formula is C12H17N5O. The predicted molar refractivity (Wildman–Crippen MR) is 67.3 cm³/mol. The number of aryl methyl sites for hydroxylation is 1. The second-order valence-corrected chi connectivity index (χ2v) is 4.43. The molecule has 2 atom stereocenters. The first-order chi connectivity index (χ1) is 8.67. The Morgan fingerprint density at radius 1 is 1.39 bits per heavy atom. The number of ether oxygens (including phenoxy) is 1. The second-order valence-electron chi connectivity index (χ2n) is 4.43. The summed E-state index contributed by atoms with van der Waals surface area (Å²) in [6, 6.07) is 2.29. The number of nitrogens with zero attached hydrogens (tertiary/aromatic N) is 3. The number of hydrogen-bond donors (Lipinski definition) is 2. The first kappa shape index (κ1) is 12.7. The summed E-state index contributed by atoms with van der Waals surface area (Å²) in [4.78, 5) is 0. The van der Waals surface area contributed by atoms with Crippen molar-refractivity contribution in [1.29, 1.82) is 5.26 Å². The van der Waals surface area contributed by atoms with Crippen molar-refractivity contribution in [3.8, 4) is 6.07 Å². The lowest BCUT2D eigenvalue weighted by Crippen LogP contribution is -2.34. The van der Waals surface area contributed by atoms with Gasteiger partial charge < -0.3 is 15.4 Å². The highest BCUT2D eigenvalue weighted by Crippen LogP contribution is 2.19. The fraction of sp³-hybridized carbons (Fsp3) is 0.583. The summed E-state index contributed by atoms with van der Waals surface area (Å²) in [5.74, 6) is 0.538. The van der Waals surface area contributed by atoms with Gasteiger partial charge in [0.1, 0.15) is 11.6 Å². The quantitative estimate of drug-likeness (QED) is 0.802. The molecule has 2 N–H and O–H groups in total. The fourth-order valence-electron chi connectivity index (χ4n) is 2.07. The Morgan fingerprint density at radius 3 is 2.83 bits per heavy atom. The molecule has 1 aliphatic rings. The zero-order valence-electron chi connectivity index (χ0n) is 10.8. The molecule has 0 spiro atoms. The summed E-state index contributed by atoms with van der Waals surface area (Å²) in [6.45, 7) is 5.32. The Labute approximate surface area is 106 Å². The molecule has 1 saturated heterocycles. The smallest absolute Gasteiger partial charge is 0.167 e. The first-order valence-electron chi connectivity index (χ1n) is 5.91. The molecule has 0 aromatic carbocycles. The van der Waals surface area contributed by atoms with Gasteiger partial charge in [-0.2, -0.15) is 10.4 Å². The van der Waals surface area contributed by atoms with Crippen LogP contribution in [0, 0.1) is 25.2 Å². The highest BCUT2D eigenvalue weighted by molar-refractivity contribution is 5.56. The molecule has 18 heavy (non-hydrogen) atoms. The average molecular weight is 247 g/mol. The van der Waals surface area contributed by atoms with Crippen molar-refractivity contribution < 1.29 is 4.74 Å². The van der Waals surface area contributed by atoms with Crippen molar-refractivity contribution in [3.05, 3.63) is 16.8 Å². The highest BCUT2D eigenvalue weighted by atomic mass is 16.5. The number of nitrogens with one attached hydrogen (secondary N) is 2. The molecule has 1 unspecified atom stereocenters. The van der Waals surface area contributed by atoms with Crippen LogP contribution < -0.4 is 10.6 Å². The molecule has 6 heteroatoms. The predicted octanol–water partition coefficient (Wildman–Crippen LogP) is 0.364. The van der Waals surface area contributed by atoms with Crippen LogP contribution in [-0.4, -0.2) is 42.5 Å². The lowest BCUT2D eigenvalue weighted by Gasteiger charge is -2.19. The van der Waals surface area contributed by atoms with E-state index in [0.717, 1.165) is 24.3 Å². The van der Waals surface area contributed by atoms with Gasteiger partial charge in [0.15, 0.2) is 5.82 Å². The first-order valence-corrected chi connectivity index (χ1v) is 5.91. The normalized spacial score (nSPS) is 22.8. The van der Waals surface area contributed by atoms with Crippen molar-refractivity contribution in [3.63, 3.8) is 0 Å². The maximum absolute atomic E-state index is 9.22. The monoisotopic (exact) mass is 247 g/mol. The molecule has 1 aliphatic heterocycles. The molecule has 0 saturated carbocycles. The Kier molecular flexibility index (Phi) is 3.75. The van der Waals surface area contributed by atoms with Crippen LogP contribution in [0.25, 0.3) is 0 Å². The van der Waals surface area contributed by atoms with Crippen LogP contribution in [0.5, 0.6) is 0 Å². The second kappa shape index (κ2) is 5.29. The van der Waals surface area contributed by atoms with Crippen molar-refractivity contribution in [2.45, 2.75) is 26.0 Å². The van der Waals surface area contributed by atoms with Crippen LogP contribution in [0.4, 0.5) is 5.82 Å². The van der Waals surface area contributed by atoms with E-state index in [-0.39, 0.29) is 12.1 Å². The van der Waals surface area contributed by atoms with Gasteiger partial charge in [0.25, 0.3) is 0 Å². The topological polar surface area (TPSA) is 82.9 Å². The van der Waals surface area contributed by atoms with Crippen molar-refractivity contribution in [1.82, 2.24) is 15.5 Å². The zero-order chi connectivity index (χ0) is 13.1. The van der Waals surface area contributed by atoms with Gasteiger partial charge in [0, 0.05) is 20.2 Å². The minimum atomic E-state index is 0.0833. The van der Waals surface area contributed by atoms with Gasteiger partial charge in [0.2, 0.25) is 0 Å². The van der Waals surface area contributed by atoms with Crippen molar-refractivity contribution >= 4 is 5.82 Å². The van der Waals surface area contributed by atoms with Gasteiger partial charge >= 0.3 is 0 Å². The fourth-order valence-corrected chi connectivity index (χ4v) is 2.07. The largest absolute Gasteiger partial charge is 0.378 e. The maximum Gasteiger partial charge on any atom is 0.167 e. The molecule has 0 radical (unpaired) electrons. The van der Waals surface area contributed by atoms with E-state index >= 15 is 0 Å². The van der Waals surface area contributed by atoms with Gasteiger partial charge in [-0.05, 0) is 19.4 Å². The summed E-state index contributed by atoms with van der Waals surface area (Å²) >= 11 is 0. The molecule has 1 aromatic rings. The molecule has 1 aromatic heterocycles. The Balaban J connectivity index is 2.24. The van der Waals surface area contributed by atoms with E-state index in [9.17, 15) is 5.26 Å². The third-order valence-corrected chi connectivity index (χ3v) is 3.35. The number of aromatic nitrogens is 2. The van der Waals surface area contributed by atoms with Crippen LogP contribution in [0.15, 0.2) is 0 Å². The summed E-state index contributed by atoms with van der Waals surface area (Å²) in [7, 11) is 1.68. The molecule has 2 heterocycles. The Hall–Kier alpha value is -1.71. The van der Waals surface area contributed by atoms with Crippen LogP contribution in [0.2, 0.25) is 0 Å². The summed E-state index contributed by atoms with van der Waals surface area (Å²) < 4.78 is 5.37.